The van der Waals surface area contributed by atoms with E-state index in [0.29, 0.717) is 11.1 Å². The second-order valence-electron chi connectivity index (χ2n) is 10.5. The van der Waals surface area contributed by atoms with Gasteiger partial charge in [0, 0.05) is 44.7 Å². The Morgan fingerprint density at radius 2 is 1.78 bits per heavy atom. The summed E-state index contributed by atoms with van der Waals surface area (Å²) in [6.07, 6.45) is 6.03. The molecule has 4 nitrogen and oxygen atoms in total. The molecule has 0 radical (unpaired) electrons. The van der Waals surface area contributed by atoms with Crippen LogP contribution in [0.4, 0.5) is 0 Å². The maximum atomic E-state index is 14.2. The molecule has 1 aliphatic carbocycles. The molecule has 0 spiro atoms. The monoisotopic (exact) mass is 589 g/mol. The van der Waals surface area contributed by atoms with Gasteiger partial charge in [0.2, 0.25) is 0 Å². The summed E-state index contributed by atoms with van der Waals surface area (Å²) in [6.45, 7) is 0.653. The van der Waals surface area contributed by atoms with E-state index in [-0.39, 0.29) is 11.6 Å². The number of allylic oxidation sites excluding steroid dienone is 1. The molecule has 0 bridgehead atoms. The molecule has 0 saturated carbocycles. The van der Waals surface area contributed by atoms with Gasteiger partial charge < -0.3 is 4.57 Å². The Bertz CT molecular complexity index is 2180. The average Bonchev–Trinajstić information content (AvgIpc) is 3.73. The smallest absolute Gasteiger partial charge is 0.271 e. The molecular formula is C34H24ClN3OS2. The van der Waals surface area contributed by atoms with Crippen molar-refractivity contribution >= 4 is 57.0 Å². The van der Waals surface area contributed by atoms with Crippen LogP contribution in [0.2, 0.25) is 5.02 Å². The predicted octanol–water partition coefficient (Wildman–Crippen LogP) is 7.04. The zero-order chi connectivity index (χ0) is 27.5. The molecule has 1 atom stereocenters. The molecule has 0 amide bonds. The lowest BCUT2D eigenvalue weighted by molar-refractivity contribution is 0.593. The first-order valence-electron chi connectivity index (χ1n) is 13.6. The number of thiophene rings is 1. The number of benzene rings is 3. The van der Waals surface area contributed by atoms with Gasteiger partial charge in [-0.15, -0.1) is 11.3 Å². The number of fused-ring (bicyclic) bond motifs is 4. The summed E-state index contributed by atoms with van der Waals surface area (Å²) in [7, 11) is 0. The van der Waals surface area contributed by atoms with Crippen LogP contribution < -0.4 is 14.9 Å². The third kappa shape index (κ3) is 4.09. The van der Waals surface area contributed by atoms with Gasteiger partial charge in [0.05, 0.1) is 16.3 Å². The Balaban J connectivity index is 1.32. The second-order valence-corrected chi connectivity index (χ2v) is 12.8. The Hall–Kier alpha value is -3.97. The molecule has 41 heavy (non-hydrogen) atoms. The highest BCUT2D eigenvalue weighted by atomic mass is 35.5. The highest BCUT2D eigenvalue weighted by Gasteiger charge is 2.33. The molecule has 0 N–H and O–H groups in total. The van der Waals surface area contributed by atoms with E-state index < -0.39 is 0 Å². The maximum Gasteiger partial charge on any atom is 0.271 e. The van der Waals surface area contributed by atoms with E-state index in [1.807, 2.05) is 41.0 Å². The zero-order valence-electron chi connectivity index (χ0n) is 22.0. The minimum atomic E-state index is -0.127. The topological polar surface area (TPSA) is 39.3 Å². The van der Waals surface area contributed by atoms with Crippen molar-refractivity contribution in [2.24, 2.45) is 4.99 Å². The number of aromatic nitrogens is 2. The van der Waals surface area contributed by atoms with Gasteiger partial charge in [0.25, 0.3) is 5.56 Å². The summed E-state index contributed by atoms with van der Waals surface area (Å²) >= 11 is 9.69. The number of aryl methyl sites for hydroxylation is 1. The molecule has 0 saturated heterocycles. The van der Waals surface area contributed by atoms with Crippen molar-refractivity contribution < 1.29 is 0 Å². The minimum Gasteiger partial charge on any atom is -0.342 e. The summed E-state index contributed by atoms with van der Waals surface area (Å²) < 4.78 is 4.83. The molecule has 8 rings (SSSR count). The van der Waals surface area contributed by atoms with Gasteiger partial charge in [-0.2, -0.15) is 0 Å². The van der Waals surface area contributed by atoms with E-state index in [4.69, 9.17) is 16.6 Å². The number of para-hydroxylation sites is 1. The van der Waals surface area contributed by atoms with Crippen molar-refractivity contribution in [2.45, 2.75) is 25.4 Å². The van der Waals surface area contributed by atoms with Crippen LogP contribution in [0.3, 0.4) is 0 Å². The first kappa shape index (κ1) is 24.8. The van der Waals surface area contributed by atoms with Crippen molar-refractivity contribution in [1.82, 2.24) is 9.13 Å². The van der Waals surface area contributed by atoms with Gasteiger partial charge in [-0.05, 0) is 59.2 Å². The molecule has 6 aromatic rings. The number of rotatable bonds is 4. The molecule has 0 unspecified atom stereocenters. The summed E-state index contributed by atoms with van der Waals surface area (Å²) in [5.74, 6) is 0. The number of hydrogen-bond donors (Lipinski definition) is 0. The lowest BCUT2D eigenvalue weighted by atomic mass is 9.85. The van der Waals surface area contributed by atoms with E-state index in [0.717, 1.165) is 50.4 Å². The van der Waals surface area contributed by atoms with E-state index in [9.17, 15) is 4.79 Å². The van der Waals surface area contributed by atoms with Crippen LogP contribution in [0.1, 0.15) is 39.6 Å². The predicted molar refractivity (Wildman–Crippen MR) is 170 cm³/mol. The quantitative estimate of drug-likeness (QED) is 0.217. The largest absolute Gasteiger partial charge is 0.342 e. The fraction of sp³-hybridized carbons (Fsp3) is 0.118. The SMILES string of the molecule is O=c1/c(=C\c2cn(Cc3ccccc3Cl)c3ccccc23)sc2n1[C@H](c1cccs1)C1=C(N=2)c2ccccc2CC1. The van der Waals surface area contributed by atoms with Crippen LogP contribution in [0.25, 0.3) is 22.7 Å². The van der Waals surface area contributed by atoms with Crippen LogP contribution in [0.15, 0.2) is 112 Å². The van der Waals surface area contributed by atoms with Crippen LogP contribution in [0.5, 0.6) is 0 Å². The number of thiazole rings is 1. The fourth-order valence-electron chi connectivity index (χ4n) is 6.19. The van der Waals surface area contributed by atoms with Crippen LogP contribution in [-0.2, 0) is 13.0 Å². The standard InChI is InChI=1S/C34H24ClN3OS2/c35-27-12-5-2-9-22(27)19-37-20-23(24-10-4-6-13-28(24)37)18-30-33(39)38-32(29-14-7-17-40-29)26-16-15-21-8-1-3-11-25(21)31(26)36-34(38)41-30/h1-14,17-18,20,32H,15-16,19H2/b30-18+/t32-/m0/s1. The Kier molecular flexibility index (Phi) is 5.95. The first-order chi connectivity index (χ1) is 20.2. The van der Waals surface area contributed by atoms with Crippen molar-refractivity contribution in [3.8, 4) is 0 Å². The van der Waals surface area contributed by atoms with Gasteiger partial charge in [-0.1, -0.05) is 89.7 Å². The van der Waals surface area contributed by atoms with Crippen LogP contribution in [-0.4, -0.2) is 9.13 Å². The van der Waals surface area contributed by atoms with E-state index in [2.05, 4.69) is 70.7 Å². The molecule has 3 aromatic carbocycles. The highest BCUT2D eigenvalue weighted by Crippen LogP contribution is 2.42. The van der Waals surface area contributed by atoms with Gasteiger partial charge >= 0.3 is 0 Å². The lowest BCUT2D eigenvalue weighted by Gasteiger charge is -2.30. The van der Waals surface area contributed by atoms with Crippen molar-refractivity contribution in [3.63, 3.8) is 0 Å². The highest BCUT2D eigenvalue weighted by molar-refractivity contribution is 7.10. The fourth-order valence-corrected chi connectivity index (χ4v) is 8.23. The van der Waals surface area contributed by atoms with E-state index >= 15 is 0 Å². The van der Waals surface area contributed by atoms with Gasteiger partial charge in [-0.25, -0.2) is 4.99 Å². The van der Waals surface area contributed by atoms with Gasteiger partial charge in [-0.3, -0.25) is 9.36 Å². The Morgan fingerprint density at radius 3 is 2.66 bits per heavy atom. The molecule has 1 aliphatic heterocycles. The second kappa shape index (κ2) is 9.84. The van der Waals surface area contributed by atoms with Crippen molar-refractivity contribution in [3.05, 3.63) is 154 Å². The molecule has 200 valence electrons. The third-order valence-electron chi connectivity index (χ3n) is 8.09. The molecular weight excluding hydrogens is 566 g/mol. The zero-order valence-corrected chi connectivity index (χ0v) is 24.3. The third-order valence-corrected chi connectivity index (χ3v) is 10.4. The normalized spacial score (nSPS) is 16.4. The minimum absolute atomic E-state index is 0.0143. The summed E-state index contributed by atoms with van der Waals surface area (Å²) in [6, 6.07) is 28.9. The Labute approximate surface area is 249 Å². The van der Waals surface area contributed by atoms with Crippen LogP contribution >= 0.6 is 34.3 Å². The maximum absolute atomic E-state index is 14.2. The van der Waals surface area contributed by atoms with E-state index in [1.54, 1.807) is 11.3 Å². The summed E-state index contributed by atoms with van der Waals surface area (Å²) in [5.41, 5.74) is 7.98. The Morgan fingerprint density at radius 1 is 0.951 bits per heavy atom. The number of nitrogens with zero attached hydrogens (tertiary/aromatic N) is 3. The van der Waals surface area contributed by atoms with Gasteiger partial charge in [0.15, 0.2) is 4.80 Å². The van der Waals surface area contributed by atoms with Crippen LogP contribution in [0, 0.1) is 0 Å². The summed E-state index contributed by atoms with van der Waals surface area (Å²) in [4.78, 5) is 21.2. The van der Waals surface area contributed by atoms with Gasteiger partial charge in [0.1, 0.15) is 0 Å². The number of hydrogen-bond acceptors (Lipinski definition) is 4. The van der Waals surface area contributed by atoms with Crippen molar-refractivity contribution in [1.29, 1.82) is 0 Å². The lowest BCUT2D eigenvalue weighted by Crippen LogP contribution is -2.38. The first-order valence-corrected chi connectivity index (χ1v) is 15.7. The van der Waals surface area contributed by atoms with E-state index in [1.165, 1.54) is 32.9 Å². The molecule has 4 heterocycles. The average molecular weight is 590 g/mol. The summed E-state index contributed by atoms with van der Waals surface area (Å²) in [5, 5.41) is 3.95. The molecule has 0 fully saturated rings. The molecule has 2 aliphatic rings. The number of halogens is 1. The van der Waals surface area contributed by atoms with Crippen molar-refractivity contribution in [2.75, 3.05) is 0 Å². The molecule has 7 heteroatoms. The molecule has 3 aromatic heterocycles.